The predicted molar refractivity (Wildman–Crippen MR) is 104 cm³/mol. The van der Waals surface area contributed by atoms with Gasteiger partial charge in [0.15, 0.2) is 11.5 Å². The second-order valence-electron chi connectivity index (χ2n) is 6.33. The number of carbonyl (C=O) groups excluding carboxylic acids is 2. The molecule has 144 valence electrons. The Hall–Kier alpha value is -3.02. The van der Waals surface area contributed by atoms with E-state index >= 15 is 0 Å². The van der Waals surface area contributed by atoms with E-state index in [1.165, 1.54) is 6.92 Å². The van der Waals surface area contributed by atoms with Crippen molar-refractivity contribution in [2.75, 3.05) is 14.2 Å². The molecule has 2 aromatic rings. The highest BCUT2D eigenvalue weighted by atomic mass is 16.5. The van der Waals surface area contributed by atoms with Gasteiger partial charge in [-0.2, -0.15) is 0 Å². The minimum absolute atomic E-state index is 0.149. The van der Waals surface area contributed by atoms with Gasteiger partial charge < -0.3 is 20.1 Å². The SMILES string of the molecule is COc1ccc(CNC(=O)C[C@H](NC(C)=O)c2ccc(C)cc2)cc1OC. The number of carbonyl (C=O) groups is 2. The monoisotopic (exact) mass is 370 g/mol. The number of ether oxygens (including phenoxy) is 2. The van der Waals surface area contributed by atoms with Crippen molar-refractivity contribution in [3.8, 4) is 11.5 Å². The number of benzene rings is 2. The summed E-state index contributed by atoms with van der Waals surface area (Å²) >= 11 is 0. The molecule has 0 aromatic heterocycles. The summed E-state index contributed by atoms with van der Waals surface area (Å²) in [4.78, 5) is 23.9. The zero-order valence-corrected chi connectivity index (χ0v) is 16.2. The van der Waals surface area contributed by atoms with Crippen LogP contribution in [-0.2, 0) is 16.1 Å². The molecule has 0 aliphatic rings. The Kier molecular flexibility index (Phi) is 7.23. The average Bonchev–Trinajstić information content (AvgIpc) is 2.65. The molecule has 2 aromatic carbocycles. The molecule has 2 N–H and O–H groups in total. The Bertz CT molecular complexity index is 787. The van der Waals surface area contributed by atoms with Gasteiger partial charge in [0.05, 0.1) is 26.7 Å². The van der Waals surface area contributed by atoms with E-state index in [2.05, 4.69) is 10.6 Å². The van der Waals surface area contributed by atoms with Gasteiger partial charge >= 0.3 is 0 Å². The van der Waals surface area contributed by atoms with Gasteiger partial charge in [-0.1, -0.05) is 35.9 Å². The van der Waals surface area contributed by atoms with Crippen LogP contribution >= 0.6 is 0 Å². The maximum atomic E-state index is 12.4. The van der Waals surface area contributed by atoms with Crippen molar-refractivity contribution >= 4 is 11.8 Å². The first-order valence-corrected chi connectivity index (χ1v) is 8.74. The fourth-order valence-corrected chi connectivity index (χ4v) is 2.75. The van der Waals surface area contributed by atoms with Crippen LogP contribution in [0.5, 0.6) is 11.5 Å². The van der Waals surface area contributed by atoms with Crippen LogP contribution in [0.15, 0.2) is 42.5 Å². The van der Waals surface area contributed by atoms with Gasteiger partial charge in [0.1, 0.15) is 0 Å². The largest absolute Gasteiger partial charge is 0.493 e. The Morgan fingerprint density at radius 3 is 2.26 bits per heavy atom. The van der Waals surface area contributed by atoms with Gasteiger partial charge in [0, 0.05) is 13.5 Å². The highest BCUT2D eigenvalue weighted by molar-refractivity contribution is 5.79. The molecule has 1 atom stereocenters. The fourth-order valence-electron chi connectivity index (χ4n) is 2.75. The molecule has 0 aliphatic heterocycles. The Labute approximate surface area is 159 Å². The van der Waals surface area contributed by atoms with Gasteiger partial charge in [-0.3, -0.25) is 9.59 Å². The maximum Gasteiger partial charge on any atom is 0.222 e. The standard InChI is InChI=1S/C21H26N2O4/c1-14-5-8-17(9-6-14)18(23-15(2)24)12-21(25)22-13-16-7-10-19(26-3)20(11-16)27-4/h5-11,18H,12-13H2,1-4H3,(H,22,25)(H,23,24)/t18-/m0/s1. The first-order chi connectivity index (χ1) is 12.9. The van der Waals surface area contributed by atoms with Gasteiger partial charge in [0.2, 0.25) is 11.8 Å². The van der Waals surface area contributed by atoms with E-state index in [1.54, 1.807) is 20.3 Å². The minimum atomic E-state index is -0.367. The van der Waals surface area contributed by atoms with E-state index in [9.17, 15) is 9.59 Å². The van der Waals surface area contributed by atoms with Crippen LogP contribution in [0.3, 0.4) is 0 Å². The molecular formula is C21H26N2O4. The molecule has 2 amide bonds. The third kappa shape index (κ3) is 6.02. The molecule has 27 heavy (non-hydrogen) atoms. The summed E-state index contributed by atoms with van der Waals surface area (Å²) in [5, 5.41) is 5.73. The second kappa shape index (κ2) is 9.62. The summed E-state index contributed by atoms with van der Waals surface area (Å²) in [6, 6.07) is 12.9. The van der Waals surface area contributed by atoms with Crippen LogP contribution in [0, 0.1) is 6.92 Å². The van der Waals surface area contributed by atoms with Gasteiger partial charge in [-0.25, -0.2) is 0 Å². The number of hydrogen-bond donors (Lipinski definition) is 2. The smallest absolute Gasteiger partial charge is 0.222 e. The normalized spacial score (nSPS) is 11.4. The van der Waals surface area contributed by atoms with Gasteiger partial charge in [0.25, 0.3) is 0 Å². The van der Waals surface area contributed by atoms with Crippen LogP contribution in [-0.4, -0.2) is 26.0 Å². The second-order valence-corrected chi connectivity index (χ2v) is 6.33. The van der Waals surface area contributed by atoms with Crippen LogP contribution in [0.25, 0.3) is 0 Å². The molecule has 0 unspecified atom stereocenters. The Morgan fingerprint density at radius 1 is 1.00 bits per heavy atom. The van der Waals surface area contributed by atoms with Gasteiger partial charge in [-0.15, -0.1) is 0 Å². The molecule has 0 fully saturated rings. The summed E-state index contributed by atoms with van der Waals surface area (Å²) in [5.41, 5.74) is 2.92. The zero-order chi connectivity index (χ0) is 19.8. The van der Waals surface area contributed by atoms with E-state index in [0.717, 1.165) is 16.7 Å². The fraction of sp³-hybridized carbons (Fsp3) is 0.333. The third-order valence-corrected chi connectivity index (χ3v) is 4.18. The first kappa shape index (κ1) is 20.3. The lowest BCUT2D eigenvalue weighted by Gasteiger charge is -2.18. The molecule has 0 bridgehead atoms. The molecule has 0 heterocycles. The number of amides is 2. The molecule has 0 saturated carbocycles. The molecular weight excluding hydrogens is 344 g/mol. The van der Waals surface area contributed by atoms with E-state index < -0.39 is 0 Å². The van der Waals surface area contributed by atoms with Crippen molar-refractivity contribution in [3.05, 3.63) is 59.2 Å². The van der Waals surface area contributed by atoms with Crippen molar-refractivity contribution in [2.24, 2.45) is 0 Å². The summed E-state index contributed by atoms with van der Waals surface area (Å²) in [6.45, 7) is 3.80. The molecule has 0 saturated heterocycles. The van der Waals surface area contributed by atoms with Crippen LogP contribution < -0.4 is 20.1 Å². The zero-order valence-electron chi connectivity index (χ0n) is 16.2. The quantitative estimate of drug-likeness (QED) is 0.749. The summed E-state index contributed by atoms with van der Waals surface area (Å²) in [6.07, 6.45) is 0.163. The highest BCUT2D eigenvalue weighted by Gasteiger charge is 2.17. The van der Waals surface area contributed by atoms with E-state index in [1.807, 2.05) is 43.3 Å². The molecule has 0 radical (unpaired) electrons. The first-order valence-electron chi connectivity index (χ1n) is 8.74. The van der Waals surface area contributed by atoms with Crippen molar-refractivity contribution in [2.45, 2.75) is 32.9 Å². The van der Waals surface area contributed by atoms with Crippen molar-refractivity contribution in [3.63, 3.8) is 0 Å². The summed E-state index contributed by atoms with van der Waals surface area (Å²) in [5.74, 6) is 0.926. The molecule has 0 aliphatic carbocycles. The molecule has 6 heteroatoms. The maximum absolute atomic E-state index is 12.4. The van der Waals surface area contributed by atoms with Crippen molar-refractivity contribution in [1.29, 1.82) is 0 Å². The average molecular weight is 370 g/mol. The van der Waals surface area contributed by atoms with Crippen LogP contribution in [0.4, 0.5) is 0 Å². The topological polar surface area (TPSA) is 76.7 Å². The molecule has 2 rings (SSSR count). The van der Waals surface area contributed by atoms with Gasteiger partial charge in [-0.05, 0) is 30.2 Å². The lowest BCUT2D eigenvalue weighted by molar-refractivity contribution is -0.122. The lowest BCUT2D eigenvalue weighted by atomic mass is 10.0. The molecule has 6 nitrogen and oxygen atoms in total. The highest BCUT2D eigenvalue weighted by Crippen LogP contribution is 2.27. The summed E-state index contributed by atoms with van der Waals surface area (Å²) < 4.78 is 10.5. The number of rotatable bonds is 8. The van der Waals surface area contributed by atoms with Crippen LogP contribution in [0.1, 0.15) is 36.1 Å². The molecule has 0 spiro atoms. The number of aryl methyl sites for hydroxylation is 1. The number of hydrogen-bond acceptors (Lipinski definition) is 4. The predicted octanol–water partition coefficient (Wildman–Crippen LogP) is 2.90. The van der Waals surface area contributed by atoms with E-state index in [4.69, 9.17) is 9.47 Å². The van der Waals surface area contributed by atoms with Crippen molar-refractivity contribution < 1.29 is 19.1 Å². The van der Waals surface area contributed by atoms with Crippen molar-refractivity contribution in [1.82, 2.24) is 10.6 Å². The summed E-state index contributed by atoms with van der Waals surface area (Å²) in [7, 11) is 3.15. The van der Waals surface area contributed by atoms with E-state index in [0.29, 0.717) is 18.0 Å². The third-order valence-electron chi connectivity index (χ3n) is 4.18. The minimum Gasteiger partial charge on any atom is -0.493 e. The lowest BCUT2D eigenvalue weighted by Crippen LogP contribution is -2.32. The number of methoxy groups -OCH3 is 2. The van der Waals surface area contributed by atoms with E-state index in [-0.39, 0.29) is 24.3 Å². The number of nitrogens with one attached hydrogen (secondary N) is 2. The Morgan fingerprint density at radius 2 is 1.67 bits per heavy atom. The Balaban J connectivity index is 2.01. The van der Waals surface area contributed by atoms with Crippen LogP contribution in [0.2, 0.25) is 0 Å².